The highest BCUT2D eigenvalue weighted by Crippen LogP contribution is 2.34. The molecule has 3 N–H and O–H groups in total. The summed E-state index contributed by atoms with van der Waals surface area (Å²) in [7, 11) is 0. The molecule has 0 spiro atoms. The molecule has 3 aromatic carbocycles. The van der Waals surface area contributed by atoms with Crippen molar-refractivity contribution in [1.29, 1.82) is 0 Å². The van der Waals surface area contributed by atoms with Gasteiger partial charge in [0, 0.05) is 41.7 Å². The number of fused-ring (bicyclic) bond motifs is 2. The van der Waals surface area contributed by atoms with Gasteiger partial charge in [-0.1, -0.05) is 36.8 Å². The summed E-state index contributed by atoms with van der Waals surface area (Å²) in [6.07, 6.45) is 4.74. The van der Waals surface area contributed by atoms with Crippen LogP contribution in [0.3, 0.4) is 0 Å². The van der Waals surface area contributed by atoms with Crippen molar-refractivity contribution in [3.63, 3.8) is 0 Å². The van der Waals surface area contributed by atoms with Crippen LogP contribution in [0.4, 0.5) is 11.4 Å². The Hall–Kier alpha value is -4.01. The Kier molecular flexibility index (Phi) is 6.66. The van der Waals surface area contributed by atoms with E-state index in [1.807, 2.05) is 18.2 Å². The lowest BCUT2D eigenvalue weighted by molar-refractivity contribution is -0.384. The Balaban J connectivity index is 1.45. The Morgan fingerprint density at radius 1 is 1.00 bits per heavy atom. The van der Waals surface area contributed by atoms with Crippen molar-refractivity contribution in [2.24, 2.45) is 4.99 Å². The largest absolute Gasteiger partial charge is 0.494 e. The van der Waals surface area contributed by atoms with Gasteiger partial charge in [0.15, 0.2) is 5.88 Å². The molecule has 1 aromatic heterocycles. The van der Waals surface area contributed by atoms with Crippen LogP contribution in [0.25, 0.3) is 10.9 Å². The first-order valence-corrected chi connectivity index (χ1v) is 13.3. The van der Waals surface area contributed by atoms with Crippen LogP contribution in [-0.4, -0.2) is 45.3 Å². The fourth-order valence-corrected chi connectivity index (χ4v) is 5.59. The number of aromatic nitrogens is 1. The molecule has 38 heavy (non-hydrogen) atoms. The van der Waals surface area contributed by atoms with E-state index in [1.54, 1.807) is 6.07 Å². The molecule has 0 unspecified atom stereocenters. The molecule has 1 saturated heterocycles. The van der Waals surface area contributed by atoms with Crippen molar-refractivity contribution in [2.75, 3.05) is 19.6 Å². The molecule has 3 heterocycles. The predicted molar refractivity (Wildman–Crippen MR) is 149 cm³/mol. The molecule has 8 heteroatoms. The second-order valence-corrected chi connectivity index (χ2v) is 10.2. The van der Waals surface area contributed by atoms with Gasteiger partial charge in [-0.15, -0.1) is 0 Å². The number of benzene rings is 3. The maximum atomic E-state index is 11.5. The lowest BCUT2D eigenvalue weighted by Gasteiger charge is -2.26. The number of rotatable bonds is 6. The van der Waals surface area contributed by atoms with Crippen molar-refractivity contribution in [3.05, 3.63) is 98.6 Å². The first-order valence-electron chi connectivity index (χ1n) is 13.3. The van der Waals surface area contributed by atoms with Crippen LogP contribution in [0.2, 0.25) is 0 Å². The highest BCUT2D eigenvalue weighted by molar-refractivity contribution is 6.22. The van der Waals surface area contributed by atoms with Crippen LogP contribution in [0.15, 0.2) is 65.7 Å². The molecule has 0 saturated carbocycles. The molecule has 0 amide bonds. The van der Waals surface area contributed by atoms with E-state index in [0.717, 1.165) is 50.4 Å². The Bertz CT molecular complexity index is 1520. The van der Waals surface area contributed by atoms with E-state index >= 15 is 0 Å². The van der Waals surface area contributed by atoms with Crippen molar-refractivity contribution < 1.29 is 10.0 Å². The summed E-state index contributed by atoms with van der Waals surface area (Å²) in [6.45, 7) is 4.95. The van der Waals surface area contributed by atoms with E-state index in [0.29, 0.717) is 22.2 Å². The highest BCUT2D eigenvalue weighted by Gasteiger charge is 2.22. The summed E-state index contributed by atoms with van der Waals surface area (Å²) < 4.78 is 0. The van der Waals surface area contributed by atoms with E-state index in [-0.39, 0.29) is 11.6 Å². The molecule has 8 nitrogen and oxygen atoms in total. The van der Waals surface area contributed by atoms with Crippen molar-refractivity contribution in [2.45, 2.75) is 38.8 Å². The lowest BCUT2D eigenvalue weighted by Crippen LogP contribution is -2.29. The molecule has 0 radical (unpaired) electrons. The number of hydrogen-bond donors (Lipinski definition) is 3. The number of nitro groups is 1. The van der Waals surface area contributed by atoms with Gasteiger partial charge in [0.05, 0.1) is 21.9 Å². The van der Waals surface area contributed by atoms with Gasteiger partial charge in [-0.3, -0.25) is 15.0 Å². The van der Waals surface area contributed by atoms with Crippen LogP contribution < -0.4 is 5.32 Å². The molecule has 2 aliphatic rings. The normalized spacial score (nSPS) is 16.5. The van der Waals surface area contributed by atoms with Crippen LogP contribution in [0.1, 0.15) is 47.1 Å². The van der Waals surface area contributed by atoms with Gasteiger partial charge in [-0.25, -0.2) is 4.99 Å². The maximum absolute atomic E-state index is 11.5. The average molecular weight is 510 g/mol. The number of aromatic amines is 1. The van der Waals surface area contributed by atoms with Gasteiger partial charge in [-0.05, 0) is 73.8 Å². The molecule has 194 valence electrons. The Morgan fingerprint density at radius 2 is 1.82 bits per heavy atom. The predicted octanol–water partition coefficient (Wildman–Crippen LogP) is 5.58. The molecule has 6 rings (SSSR count). The number of aromatic hydroxyl groups is 1. The third-order valence-electron chi connectivity index (χ3n) is 7.61. The number of nitrogens with zero attached hydrogens (tertiary/aromatic N) is 3. The monoisotopic (exact) mass is 509 g/mol. The second-order valence-electron chi connectivity index (χ2n) is 10.2. The third kappa shape index (κ3) is 4.92. The van der Waals surface area contributed by atoms with Crippen LogP contribution >= 0.6 is 0 Å². The smallest absolute Gasteiger partial charge is 0.270 e. The zero-order valence-corrected chi connectivity index (χ0v) is 21.2. The molecule has 4 aromatic rings. The van der Waals surface area contributed by atoms with E-state index in [2.05, 4.69) is 39.5 Å². The van der Waals surface area contributed by atoms with Gasteiger partial charge in [0.1, 0.15) is 0 Å². The zero-order valence-electron chi connectivity index (χ0n) is 21.2. The van der Waals surface area contributed by atoms with Gasteiger partial charge in [0.2, 0.25) is 0 Å². The number of nitrogens with one attached hydrogen (secondary N) is 2. The van der Waals surface area contributed by atoms with Gasteiger partial charge >= 0.3 is 0 Å². The number of aliphatic imine (C=N–C) groups is 1. The second kappa shape index (κ2) is 10.4. The minimum atomic E-state index is -0.420. The Morgan fingerprint density at radius 3 is 2.61 bits per heavy atom. The topological polar surface area (TPSA) is 107 Å². The fourth-order valence-electron chi connectivity index (χ4n) is 5.59. The molecule has 2 aliphatic heterocycles. The average Bonchev–Trinajstić information content (AvgIpc) is 3.27. The molecule has 1 fully saturated rings. The number of piperidine rings is 1. The molecule has 0 bridgehead atoms. The number of non-ortho nitro benzene ring substituents is 1. The van der Waals surface area contributed by atoms with Gasteiger partial charge in [-0.2, -0.15) is 0 Å². The highest BCUT2D eigenvalue weighted by atomic mass is 16.6. The number of hydrogen-bond acceptors (Lipinski definition) is 6. The van der Waals surface area contributed by atoms with E-state index in [1.165, 1.54) is 48.1 Å². The van der Waals surface area contributed by atoms with Crippen molar-refractivity contribution >= 4 is 28.0 Å². The summed E-state index contributed by atoms with van der Waals surface area (Å²) in [5.74, 6) is -0.0567. The molecule has 0 aliphatic carbocycles. The van der Waals surface area contributed by atoms with E-state index in [9.17, 15) is 15.2 Å². The summed E-state index contributed by atoms with van der Waals surface area (Å²) in [6, 6.07) is 19.1. The summed E-state index contributed by atoms with van der Waals surface area (Å²) >= 11 is 0. The minimum absolute atomic E-state index is 0.0322. The molecule has 0 atom stereocenters. The SMILES string of the molecule is O=[N+]([O-])c1ccc2[nH]c(O)c(C(=Nc3ccc4c(c3)CCNC4)c3ccc(CN4CCCCC4)cc3)c2c1. The van der Waals surface area contributed by atoms with Crippen LogP contribution in [0, 0.1) is 10.1 Å². The number of nitro benzene ring substituents is 1. The van der Waals surface area contributed by atoms with Crippen LogP contribution in [0.5, 0.6) is 5.88 Å². The zero-order chi connectivity index (χ0) is 26.1. The number of likely N-dealkylation sites (tertiary alicyclic amines) is 1. The number of H-pyrrole nitrogens is 1. The fraction of sp³-hybridized carbons (Fsp3) is 0.300. The molecular formula is C30H31N5O3. The van der Waals surface area contributed by atoms with Gasteiger partial charge in [0.25, 0.3) is 5.69 Å². The van der Waals surface area contributed by atoms with Crippen LogP contribution in [-0.2, 0) is 19.5 Å². The standard InChI is InChI=1S/C30H31N5O3/c36-30-28(26-17-25(35(37)38)10-11-27(26)33-30)29(32-24-9-8-23-18-31-13-12-22(23)16-24)21-6-4-20(5-7-21)19-34-14-2-1-3-15-34/h4-11,16-17,31,33,36H,1-3,12-15,18-19H2. The van der Waals surface area contributed by atoms with E-state index in [4.69, 9.17) is 4.99 Å². The summed E-state index contributed by atoms with van der Waals surface area (Å²) in [5.41, 5.74) is 7.02. The van der Waals surface area contributed by atoms with E-state index < -0.39 is 4.92 Å². The maximum Gasteiger partial charge on any atom is 0.270 e. The Labute approximate surface area is 221 Å². The quantitative estimate of drug-likeness (QED) is 0.179. The van der Waals surface area contributed by atoms with Gasteiger partial charge < -0.3 is 15.4 Å². The third-order valence-corrected chi connectivity index (χ3v) is 7.61. The molecular weight excluding hydrogens is 478 g/mol. The summed E-state index contributed by atoms with van der Waals surface area (Å²) in [4.78, 5) is 21.6. The minimum Gasteiger partial charge on any atom is -0.494 e. The van der Waals surface area contributed by atoms with Crippen molar-refractivity contribution in [3.8, 4) is 5.88 Å². The summed E-state index contributed by atoms with van der Waals surface area (Å²) in [5, 5.41) is 26.5. The first-order chi connectivity index (χ1) is 18.5. The lowest BCUT2D eigenvalue weighted by atomic mass is 9.98. The van der Waals surface area contributed by atoms with Crippen molar-refractivity contribution in [1.82, 2.24) is 15.2 Å². The first kappa shape index (κ1) is 24.3.